The standard InChI is InChI=1S/C21H29FN2O3/c1-20(2,27-16-5-4-15(22)8-17(16)26-3)19(25)24-18-13-6-12-7-14(18)11-21(23,9-12)10-13/h4-5,8,12-14,18H,6-7,9-11,23H2,1-3H3,(H,24,25)/t12?,13-,14+,18+,21+. The lowest BCUT2D eigenvalue weighted by atomic mass is 9.51. The molecular formula is C21H29FN2O3. The summed E-state index contributed by atoms with van der Waals surface area (Å²) in [7, 11) is 1.45. The molecule has 0 radical (unpaired) electrons. The van der Waals surface area contributed by atoms with Crippen molar-refractivity contribution in [1.29, 1.82) is 0 Å². The van der Waals surface area contributed by atoms with Crippen LogP contribution in [0.3, 0.4) is 0 Å². The lowest BCUT2D eigenvalue weighted by Crippen LogP contribution is -2.66. The van der Waals surface area contributed by atoms with Crippen LogP contribution in [-0.4, -0.2) is 30.2 Å². The normalized spacial score (nSPS) is 34.4. The summed E-state index contributed by atoms with van der Waals surface area (Å²) in [6.07, 6.45) is 5.45. The van der Waals surface area contributed by atoms with Crippen LogP contribution >= 0.6 is 0 Å². The summed E-state index contributed by atoms with van der Waals surface area (Å²) in [5, 5.41) is 3.25. The molecule has 0 spiro atoms. The number of benzene rings is 1. The van der Waals surface area contributed by atoms with E-state index in [1.807, 2.05) is 0 Å². The number of carbonyl (C=O) groups excluding carboxylic acids is 1. The van der Waals surface area contributed by atoms with Crippen LogP contribution in [0.4, 0.5) is 4.39 Å². The molecule has 0 saturated heterocycles. The molecule has 4 aliphatic carbocycles. The molecule has 5 atom stereocenters. The Morgan fingerprint density at radius 3 is 2.48 bits per heavy atom. The fourth-order valence-electron chi connectivity index (χ4n) is 5.70. The Morgan fingerprint density at radius 2 is 1.89 bits per heavy atom. The van der Waals surface area contributed by atoms with Crippen LogP contribution in [0.2, 0.25) is 0 Å². The Labute approximate surface area is 159 Å². The van der Waals surface area contributed by atoms with Gasteiger partial charge in [-0.15, -0.1) is 0 Å². The lowest BCUT2D eigenvalue weighted by Gasteiger charge is -2.59. The predicted molar refractivity (Wildman–Crippen MR) is 100 cm³/mol. The number of nitrogens with two attached hydrogens (primary N) is 1. The number of hydrogen-bond acceptors (Lipinski definition) is 4. The number of hydrogen-bond donors (Lipinski definition) is 2. The van der Waals surface area contributed by atoms with Gasteiger partial charge in [0.2, 0.25) is 0 Å². The van der Waals surface area contributed by atoms with E-state index in [-0.39, 0.29) is 23.2 Å². The average Bonchev–Trinajstić information content (AvgIpc) is 2.57. The number of carbonyl (C=O) groups is 1. The van der Waals surface area contributed by atoms with Crippen molar-refractivity contribution in [2.45, 2.75) is 63.1 Å². The maximum Gasteiger partial charge on any atom is 0.263 e. The highest BCUT2D eigenvalue weighted by Crippen LogP contribution is 2.54. The predicted octanol–water partition coefficient (Wildman–Crippen LogP) is 3.01. The van der Waals surface area contributed by atoms with Gasteiger partial charge in [-0.1, -0.05) is 0 Å². The highest BCUT2D eigenvalue weighted by molar-refractivity contribution is 5.85. The van der Waals surface area contributed by atoms with Crippen LogP contribution in [0, 0.1) is 23.6 Å². The Morgan fingerprint density at radius 1 is 1.22 bits per heavy atom. The first-order chi connectivity index (χ1) is 12.7. The molecule has 6 heteroatoms. The summed E-state index contributed by atoms with van der Waals surface area (Å²) in [5.74, 6) is 1.69. The van der Waals surface area contributed by atoms with Crippen LogP contribution in [0.1, 0.15) is 46.0 Å². The number of methoxy groups -OCH3 is 1. The summed E-state index contributed by atoms with van der Waals surface area (Å²) in [6.45, 7) is 3.46. The van der Waals surface area contributed by atoms with Crippen LogP contribution in [-0.2, 0) is 4.79 Å². The zero-order valence-electron chi connectivity index (χ0n) is 16.3. The van der Waals surface area contributed by atoms with Gasteiger partial charge in [-0.05, 0) is 75.8 Å². The van der Waals surface area contributed by atoms with Crippen molar-refractivity contribution < 1.29 is 18.7 Å². The number of halogens is 1. The van der Waals surface area contributed by atoms with Crippen LogP contribution in [0.5, 0.6) is 11.5 Å². The molecule has 5 rings (SSSR count). The van der Waals surface area contributed by atoms with Crippen molar-refractivity contribution in [3.63, 3.8) is 0 Å². The first-order valence-corrected chi connectivity index (χ1v) is 9.81. The number of amides is 1. The van der Waals surface area contributed by atoms with Crippen molar-refractivity contribution in [2.75, 3.05) is 7.11 Å². The number of nitrogens with one attached hydrogen (secondary N) is 1. The molecule has 27 heavy (non-hydrogen) atoms. The summed E-state index contributed by atoms with van der Waals surface area (Å²) in [5.41, 5.74) is 5.44. The summed E-state index contributed by atoms with van der Waals surface area (Å²) in [6, 6.07) is 4.21. The molecule has 0 aromatic heterocycles. The second-order valence-electron chi connectivity index (χ2n) is 9.24. The lowest BCUT2D eigenvalue weighted by molar-refractivity contribution is -0.138. The molecule has 4 aliphatic rings. The van der Waals surface area contributed by atoms with Gasteiger partial charge in [-0.3, -0.25) is 4.79 Å². The molecule has 1 aromatic carbocycles. The molecular weight excluding hydrogens is 347 g/mol. The van der Waals surface area contributed by atoms with Crippen molar-refractivity contribution in [3.8, 4) is 11.5 Å². The van der Waals surface area contributed by atoms with Crippen molar-refractivity contribution in [1.82, 2.24) is 5.32 Å². The SMILES string of the molecule is COc1cc(F)ccc1OC(C)(C)C(=O)N[C@H]1[C@@H]2CC3C[C@H]1C[C@](N)(C3)C2. The molecule has 4 bridgehead atoms. The Bertz CT molecular complexity index is 735. The van der Waals surface area contributed by atoms with E-state index < -0.39 is 11.4 Å². The molecule has 4 fully saturated rings. The number of ether oxygens (including phenoxy) is 2. The van der Waals surface area contributed by atoms with Crippen LogP contribution in [0.25, 0.3) is 0 Å². The fourth-order valence-corrected chi connectivity index (χ4v) is 5.70. The fraction of sp³-hybridized carbons (Fsp3) is 0.667. The topological polar surface area (TPSA) is 73.6 Å². The van der Waals surface area contributed by atoms with E-state index in [4.69, 9.17) is 15.2 Å². The Hall–Kier alpha value is -1.82. The van der Waals surface area contributed by atoms with Gasteiger partial charge < -0.3 is 20.5 Å². The van der Waals surface area contributed by atoms with Crippen molar-refractivity contribution in [2.24, 2.45) is 23.5 Å². The second kappa shape index (κ2) is 6.36. The summed E-state index contributed by atoms with van der Waals surface area (Å²) >= 11 is 0. The molecule has 5 nitrogen and oxygen atoms in total. The molecule has 1 aromatic rings. The van der Waals surface area contributed by atoms with Gasteiger partial charge in [0, 0.05) is 17.6 Å². The third kappa shape index (κ3) is 3.40. The van der Waals surface area contributed by atoms with Crippen LogP contribution < -0.4 is 20.5 Å². The van der Waals surface area contributed by atoms with Gasteiger partial charge >= 0.3 is 0 Å². The van der Waals surface area contributed by atoms with Gasteiger partial charge in [0.25, 0.3) is 5.91 Å². The van der Waals surface area contributed by atoms with E-state index in [1.54, 1.807) is 13.8 Å². The van der Waals surface area contributed by atoms with E-state index >= 15 is 0 Å². The van der Waals surface area contributed by atoms with Crippen LogP contribution in [0.15, 0.2) is 18.2 Å². The molecule has 1 unspecified atom stereocenters. The third-order valence-electron chi connectivity index (χ3n) is 6.66. The molecule has 3 N–H and O–H groups in total. The Balaban J connectivity index is 1.46. The van der Waals surface area contributed by atoms with E-state index in [2.05, 4.69) is 5.32 Å². The highest BCUT2D eigenvalue weighted by Gasteiger charge is 2.54. The minimum Gasteiger partial charge on any atom is -0.493 e. The van der Waals surface area contributed by atoms with E-state index in [0.29, 0.717) is 23.5 Å². The highest BCUT2D eigenvalue weighted by atomic mass is 19.1. The second-order valence-corrected chi connectivity index (χ2v) is 9.24. The first kappa shape index (κ1) is 18.5. The Kier molecular flexibility index (Phi) is 4.37. The monoisotopic (exact) mass is 376 g/mol. The maximum absolute atomic E-state index is 13.4. The molecule has 0 aliphatic heterocycles. The van der Waals surface area contributed by atoms with Crippen molar-refractivity contribution >= 4 is 5.91 Å². The van der Waals surface area contributed by atoms with E-state index in [0.717, 1.165) is 32.1 Å². The minimum absolute atomic E-state index is 0.0226. The van der Waals surface area contributed by atoms with Gasteiger partial charge in [-0.2, -0.15) is 0 Å². The number of rotatable bonds is 5. The largest absolute Gasteiger partial charge is 0.493 e. The molecule has 0 heterocycles. The first-order valence-electron chi connectivity index (χ1n) is 9.81. The van der Waals surface area contributed by atoms with Gasteiger partial charge in [0.1, 0.15) is 5.82 Å². The smallest absolute Gasteiger partial charge is 0.263 e. The molecule has 1 amide bonds. The molecule has 148 valence electrons. The average molecular weight is 376 g/mol. The van der Waals surface area contributed by atoms with Crippen molar-refractivity contribution in [3.05, 3.63) is 24.0 Å². The van der Waals surface area contributed by atoms with E-state index in [1.165, 1.54) is 25.3 Å². The molecule has 4 saturated carbocycles. The third-order valence-corrected chi connectivity index (χ3v) is 6.66. The minimum atomic E-state index is -1.10. The van der Waals surface area contributed by atoms with E-state index in [9.17, 15) is 9.18 Å². The zero-order valence-corrected chi connectivity index (χ0v) is 16.3. The van der Waals surface area contributed by atoms with Gasteiger partial charge in [0.05, 0.1) is 7.11 Å². The van der Waals surface area contributed by atoms with Gasteiger partial charge in [0.15, 0.2) is 17.1 Å². The summed E-state index contributed by atoms with van der Waals surface area (Å²) in [4.78, 5) is 13.0. The zero-order chi connectivity index (χ0) is 19.4. The maximum atomic E-state index is 13.4. The summed E-state index contributed by atoms with van der Waals surface area (Å²) < 4.78 is 24.5. The quantitative estimate of drug-likeness (QED) is 0.829. The van der Waals surface area contributed by atoms with Gasteiger partial charge in [-0.25, -0.2) is 4.39 Å².